The van der Waals surface area contributed by atoms with Crippen molar-refractivity contribution in [1.82, 2.24) is 20.0 Å². The predicted molar refractivity (Wildman–Crippen MR) is 79.9 cm³/mol. The van der Waals surface area contributed by atoms with Gasteiger partial charge in [-0.15, -0.1) is 0 Å². The molecule has 0 aromatic carbocycles. The Labute approximate surface area is 138 Å². The van der Waals surface area contributed by atoms with Gasteiger partial charge in [-0.3, -0.25) is 14.3 Å². The van der Waals surface area contributed by atoms with Gasteiger partial charge in [-0.2, -0.15) is 18.3 Å². The molecule has 1 aromatic rings. The van der Waals surface area contributed by atoms with Crippen molar-refractivity contribution in [2.75, 3.05) is 6.54 Å². The third-order valence-corrected chi connectivity index (χ3v) is 4.13. The van der Waals surface area contributed by atoms with Gasteiger partial charge >= 0.3 is 6.18 Å². The predicted octanol–water partition coefficient (Wildman–Crippen LogP) is 1.41. The molecule has 1 aromatic heterocycles. The lowest BCUT2D eigenvalue weighted by Gasteiger charge is -2.40. The fourth-order valence-electron chi connectivity index (χ4n) is 2.94. The van der Waals surface area contributed by atoms with Crippen molar-refractivity contribution in [2.24, 2.45) is 7.05 Å². The van der Waals surface area contributed by atoms with Gasteiger partial charge in [-0.1, -0.05) is 0 Å². The minimum atomic E-state index is -4.44. The minimum absolute atomic E-state index is 0.113. The van der Waals surface area contributed by atoms with Gasteiger partial charge in [0.25, 0.3) is 0 Å². The van der Waals surface area contributed by atoms with Crippen LogP contribution in [0.2, 0.25) is 0 Å². The summed E-state index contributed by atoms with van der Waals surface area (Å²) in [5.74, 6) is -0.871. The molecule has 2 heterocycles. The lowest BCUT2D eigenvalue weighted by atomic mass is 9.97. The van der Waals surface area contributed by atoms with Gasteiger partial charge < -0.3 is 10.2 Å². The van der Waals surface area contributed by atoms with E-state index in [1.807, 2.05) is 0 Å². The number of amides is 2. The Morgan fingerprint density at radius 1 is 1.38 bits per heavy atom. The van der Waals surface area contributed by atoms with Crippen LogP contribution in [0.5, 0.6) is 0 Å². The van der Waals surface area contributed by atoms with Crippen molar-refractivity contribution in [3.05, 3.63) is 18.0 Å². The molecule has 1 fully saturated rings. The summed E-state index contributed by atoms with van der Waals surface area (Å²) in [5.41, 5.74) is 0.916. The first kappa shape index (κ1) is 18.3. The lowest BCUT2D eigenvalue weighted by molar-refractivity contribution is -0.196. The zero-order chi connectivity index (χ0) is 17.9. The average molecular weight is 346 g/mol. The zero-order valence-corrected chi connectivity index (χ0v) is 13.6. The Morgan fingerprint density at radius 3 is 2.62 bits per heavy atom. The van der Waals surface area contributed by atoms with Crippen molar-refractivity contribution in [3.8, 4) is 0 Å². The molecule has 0 spiro atoms. The Kier molecular flexibility index (Phi) is 5.51. The van der Waals surface area contributed by atoms with Crippen molar-refractivity contribution in [3.63, 3.8) is 0 Å². The largest absolute Gasteiger partial charge is 0.408 e. The molecule has 2 rings (SSSR count). The molecule has 6 nitrogen and oxygen atoms in total. The summed E-state index contributed by atoms with van der Waals surface area (Å²) >= 11 is 0. The van der Waals surface area contributed by atoms with Crippen LogP contribution >= 0.6 is 0 Å². The molecule has 1 aliphatic heterocycles. The number of piperidine rings is 1. The van der Waals surface area contributed by atoms with Gasteiger partial charge in [-0.25, -0.2) is 0 Å². The molecule has 9 heteroatoms. The number of aromatic nitrogens is 2. The van der Waals surface area contributed by atoms with E-state index in [2.05, 4.69) is 10.4 Å². The van der Waals surface area contributed by atoms with E-state index in [-0.39, 0.29) is 31.7 Å². The summed E-state index contributed by atoms with van der Waals surface area (Å²) in [5, 5.41) is 6.73. The van der Waals surface area contributed by atoms with E-state index in [0.717, 1.165) is 17.4 Å². The highest BCUT2D eigenvalue weighted by Gasteiger charge is 2.47. The normalized spacial score (nSPS) is 21.6. The molecule has 1 N–H and O–H groups in total. The maximum absolute atomic E-state index is 13.0. The van der Waals surface area contributed by atoms with Crippen LogP contribution < -0.4 is 5.32 Å². The van der Waals surface area contributed by atoms with Crippen molar-refractivity contribution < 1.29 is 22.8 Å². The Balaban J connectivity index is 1.86. The van der Waals surface area contributed by atoms with Crippen LogP contribution in [0.1, 0.15) is 31.7 Å². The fourth-order valence-corrected chi connectivity index (χ4v) is 2.94. The highest BCUT2D eigenvalue weighted by Crippen LogP contribution is 2.32. The second-order valence-electron chi connectivity index (χ2n) is 6.09. The topological polar surface area (TPSA) is 67.2 Å². The number of nitrogens with zero attached hydrogens (tertiary/aromatic N) is 3. The van der Waals surface area contributed by atoms with E-state index < -0.39 is 24.2 Å². The first-order valence-electron chi connectivity index (χ1n) is 7.77. The summed E-state index contributed by atoms with van der Waals surface area (Å²) in [6, 6.07) is -2.22. The number of hydrogen-bond acceptors (Lipinski definition) is 3. The molecule has 2 atom stereocenters. The van der Waals surface area contributed by atoms with Gasteiger partial charge in [0.2, 0.25) is 11.8 Å². The standard InChI is InChI=1S/C15H21F3N4O2/c1-10(23)22-9-12(4-5-13(22)15(16,17)18)20-14(24)6-3-11-7-19-21(2)8-11/h7-8,12-13H,3-6,9H2,1-2H3,(H,20,24)/t12-,13+/m1/s1. The first-order chi connectivity index (χ1) is 11.2. The highest BCUT2D eigenvalue weighted by molar-refractivity contribution is 5.77. The van der Waals surface area contributed by atoms with E-state index in [9.17, 15) is 22.8 Å². The number of nitrogens with one attached hydrogen (secondary N) is 1. The van der Waals surface area contributed by atoms with E-state index in [1.165, 1.54) is 0 Å². The molecule has 0 aliphatic carbocycles. The number of halogens is 3. The van der Waals surface area contributed by atoms with Gasteiger partial charge in [0.15, 0.2) is 0 Å². The van der Waals surface area contributed by atoms with Gasteiger partial charge in [0.1, 0.15) is 6.04 Å². The van der Waals surface area contributed by atoms with Gasteiger partial charge in [0.05, 0.1) is 6.20 Å². The maximum Gasteiger partial charge on any atom is 0.408 e. The van der Waals surface area contributed by atoms with E-state index >= 15 is 0 Å². The molecule has 0 bridgehead atoms. The highest BCUT2D eigenvalue weighted by atomic mass is 19.4. The maximum atomic E-state index is 13.0. The zero-order valence-electron chi connectivity index (χ0n) is 13.6. The third-order valence-electron chi connectivity index (χ3n) is 4.13. The summed E-state index contributed by atoms with van der Waals surface area (Å²) in [7, 11) is 1.78. The quantitative estimate of drug-likeness (QED) is 0.896. The molecule has 0 unspecified atom stereocenters. The number of alkyl halides is 3. The molecule has 134 valence electrons. The average Bonchev–Trinajstić information content (AvgIpc) is 2.89. The summed E-state index contributed by atoms with van der Waals surface area (Å²) in [4.78, 5) is 24.3. The Bertz CT molecular complexity index is 600. The summed E-state index contributed by atoms with van der Waals surface area (Å²) in [6.45, 7) is 1.00. The number of aryl methyl sites for hydroxylation is 2. The van der Waals surface area contributed by atoms with Crippen LogP contribution in [0.3, 0.4) is 0 Å². The van der Waals surface area contributed by atoms with Crippen LogP contribution in [0.25, 0.3) is 0 Å². The van der Waals surface area contributed by atoms with Crippen LogP contribution in [0.4, 0.5) is 13.2 Å². The van der Waals surface area contributed by atoms with Crippen LogP contribution in [-0.2, 0) is 23.1 Å². The molecule has 1 saturated heterocycles. The van der Waals surface area contributed by atoms with E-state index in [4.69, 9.17) is 0 Å². The lowest BCUT2D eigenvalue weighted by Crippen LogP contribution is -2.57. The summed E-state index contributed by atoms with van der Waals surface area (Å²) in [6.07, 6.45) is -0.234. The van der Waals surface area contributed by atoms with Crippen molar-refractivity contribution in [2.45, 2.75) is 50.9 Å². The van der Waals surface area contributed by atoms with Crippen LogP contribution in [0, 0.1) is 0 Å². The first-order valence-corrected chi connectivity index (χ1v) is 7.77. The Morgan fingerprint density at radius 2 is 2.08 bits per heavy atom. The molecule has 0 radical (unpaired) electrons. The number of carbonyl (C=O) groups excluding carboxylic acids is 2. The van der Waals surface area contributed by atoms with Crippen LogP contribution in [-0.4, -0.2) is 51.3 Å². The smallest absolute Gasteiger partial charge is 0.352 e. The Hall–Kier alpha value is -2.06. The molecule has 1 aliphatic rings. The number of hydrogen-bond donors (Lipinski definition) is 1. The van der Waals surface area contributed by atoms with E-state index in [0.29, 0.717) is 6.42 Å². The third kappa shape index (κ3) is 4.72. The number of likely N-dealkylation sites (tertiary alicyclic amines) is 1. The molecule has 24 heavy (non-hydrogen) atoms. The summed E-state index contributed by atoms with van der Waals surface area (Å²) < 4.78 is 40.5. The molecule has 0 saturated carbocycles. The molecule has 2 amide bonds. The fraction of sp³-hybridized carbons (Fsp3) is 0.667. The van der Waals surface area contributed by atoms with Crippen molar-refractivity contribution >= 4 is 11.8 Å². The molecular weight excluding hydrogens is 325 g/mol. The van der Waals surface area contributed by atoms with Gasteiger partial charge in [0, 0.05) is 39.2 Å². The number of carbonyl (C=O) groups is 2. The van der Waals surface area contributed by atoms with Gasteiger partial charge in [-0.05, 0) is 24.8 Å². The van der Waals surface area contributed by atoms with Crippen LogP contribution in [0.15, 0.2) is 12.4 Å². The SMILES string of the molecule is CC(=O)N1C[C@H](NC(=O)CCc2cnn(C)c2)CC[C@H]1C(F)(F)F. The second-order valence-corrected chi connectivity index (χ2v) is 6.09. The monoisotopic (exact) mass is 346 g/mol. The second kappa shape index (κ2) is 7.23. The number of rotatable bonds is 4. The van der Waals surface area contributed by atoms with Crippen molar-refractivity contribution in [1.29, 1.82) is 0 Å². The van der Waals surface area contributed by atoms with E-state index in [1.54, 1.807) is 24.1 Å². The molecular formula is C15H21F3N4O2. The minimum Gasteiger partial charge on any atom is -0.352 e.